The summed E-state index contributed by atoms with van der Waals surface area (Å²) in [7, 11) is 0. The number of nitrogens with zero attached hydrogens (tertiary/aromatic N) is 2. The Morgan fingerprint density at radius 2 is 1.65 bits per heavy atom. The lowest BCUT2D eigenvalue weighted by Gasteiger charge is -2.15. The van der Waals surface area contributed by atoms with Gasteiger partial charge in [-0.3, -0.25) is 9.59 Å². The number of carbonyl (C=O) groups excluding carboxylic acids is 2. The van der Waals surface area contributed by atoms with Crippen molar-refractivity contribution in [2.45, 2.75) is 13.8 Å². The standard InChI is InChI=1S/C25H18FN3O2/c1-15-6-9-18(12-16(15)2)22-23(28-20-5-3-4-19(26)13-20)25(31)29(24(22)30)21-10-7-17(14-27)8-11-21/h3-13,28H,1-2H3. The number of amides is 2. The van der Waals surface area contributed by atoms with Gasteiger partial charge in [0.05, 0.1) is 22.9 Å². The molecule has 1 N–H and O–H groups in total. The van der Waals surface area contributed by atoms with E-state index in [1.807, 2.05) is 32.0 Å². The third-order valence-electron chi connectivity index (χ3n) is 5.23. The van der Waals surface area contributed by atoms with Crippen LogP contribution in [0.4, 0.5) is 15.8 Å². The molecule has 5 nitrogen and oxygen atoms in total. The number of hydrogen-bond acceptors (Lipinski definition) is 4. The van der Waals surface area contributed by atoms with Crippen LogP contribution < -0.4 is 10.2 Å². The van der Waals surface area contributed by atoms with Crippen LogP contribution in [0, 0.1) is 31.0 Å². The zero-order valence-electron chi connectivity index (χ0n) is 16.9. The zero-order chi connectivity index (χ0) is 22.1. The van der Waals surface area contributed by atoms with Gasteiger partial charge in [0.25, 0.3) is 11.8 Å². The molecule has 0 aliphatic carbocycles. The average molecular weight is 411 g/mol. The summed E-state index contributed by atoms with van der Waals surface area (Å²) in [5.74, 6) is -1.50. The Morgan fingerprint density at radius 3 is 2.29 bits per heavy atom. The lowest BCUT2D eigenvalue weighted by Crippen LogP contribution is -2.32. The minimum absolute atomic E-state index is 0.0724. The summed E-state index contributed by atoms with van der Waals surface area (Å²) in [6.45, 7) is 3.89. The Hall–Kier alpha value is -4.24. The number of rotatable bonds is 4. The van der Waals surface area contributed by atoms with Crippen molar-refractivity contribution in [3.63, 3.8) is 0 Å². The van der Waals surface area contributed by atoms with Gasteiger partial charge in [-0.15, -0.1) is 0 Å². The molecule has 3 aromatic carbocycles. The SMILES string of the molecule is Cc1ccc(C2=C(Nc3cccc(F)c3)C(=O)N(c3ccc(C#N)cc3)C2=O)cc1C. The average Bonchev–Trinajstić information content (AvgIpc) is 3.00. The first kappa shape index (κ1) is 20.0. The van der Waals surface area contributed by atoms with Crippen molar-refractivity contribution < 1.29 is 14.0 Å². The van der Waals surface area contributed by atoms with E-state index in [9.17, 15) is 14.0 Å². The number of benzene rings is 3. The minimum Gasteiger partial charge on any atom is -0.350 e. The quantitative estimate of drug-likeness (QED) is 0.631. The van der Waals surface area contributed by atoms with Gasteiger partial charge in [-0.2, -0.15) is 5.26 Å². The van der Waals surface area contributed by atoms with Crippen LogP contribution in [0.25, 0.3) is 5.57 Å². The van der Waals surface area contributed by atoms with Gasteiger partial charge in [0, 0.05) is 5.69 Å². The predicted molar refractivity (Wildman–Crippen MR) is 117 cm³/mol. The van der Waals surface area contributed by atoms with E-state index >= 15 is 0 Å². The van der Waals surface area contributed by atoms with Gasteiger partial charge in [0.15, 0.2) is 0 Å². The molecule has 0 bridgehead atoms. The maximum absolute atomic E-state index is 13.7. The number of hydrogen-bond donors (Lipinski definition) is 1. The maximum Gasteiger partial charge on any atom is 0.282 e. The summed E-state index contributed by atoms with van der Waals surface area (Å²) in [6, 6.07) is 19.4. The van der Waals surface area contributed by atoms with Gasteiger partial charge in [0.2, 0.25) is 0 Å². The Morgan fingerprint density at radius 1 is 0.903 bits per heavy atom. The molecule has 0 radical (unpaired) electrons. The number of aryl methyl sites for hydroxylation is 2. The minimum atomic E-state index is -0.549. The summed E-state index contributed by atoms with van der Waals surface area (Å²) in [4.78, 5) is 27.8. The molecule has 31 heavy (non-hydrogen) atoms. The van der Waals surface area contributed by atoms with Crippen molar-refractivity contribution in [3.05, 3.63) is 100 Å². The van der Waals surface area contributed by atoms with Crippen LogP contribution in [0.1, 0.15) is 22.3 Å². The van der Waals surface area contributed by atoms with Gasteiger partial charge in [-0.25, -0.2) is 9.29 Å². The van der Waals surface area contributed by atoms with Gasteiger partial charge in [0.1, 0.15) is 11.5 Å². The fourth-order valence-corrected chi connectivity index (χ4v) is 3.44. The Bertz CT molecular complexity index is 1290. The highest BCUT2D eigenvalue weighted by Gasteiger charge is 2.40. The smallest absolute Gasteiger partial charge is 0.282 e. The van der Waals surface area contributed by atoms with Gasteiger partial charge < -0.3 is 5.32 Å². The molecule has 0 unspecified atom stereocenters. The van der Waals surface area contributed by atoms with Crippen molar-refractivity contribution in [1.29, 1.82) is 5.26 Å². The fourth-order valence-electron chi connectivity index (χ4n) is 3.44. The first-order chi connectivity index (χ1) is 14.9. The van der Waals surface area contributed by atoms with E-state index in [2.05, 4.69) is 5.32 Å². The Labute approximate surface area is 179 Å². The molecule has 1 aliphatic rings. The lowest BCUT2D eigenvalue weighted by molar-refractivity contribution is -0.120. The molecular weight excluding hydrogens is 393 g/mol. The topological polar surface area (TPSA) is 73.2 Å². The molecule has 152 valence electrons. The number of imide groups is 1. The third-order valence-corrected chi connectivity index (χ3v) is 5.23. The largest absolute Gasteiger partial charge is 0.350 e. The van der Waals surface area contributed by atoms with Crippen molar-refractivity contribution in [3.8, 4) is 6.07 Å². The van der Waals surface area contributed by atoms with Crippen LogP contribution in [-0.4, -0.2) is 11.8 Å². The van der Waals surface area contributed by atoms with Crippen LogP contribution in [0.3, 0.4) is 0 Å². The van der Waals surface area contributed by atoms with Crippen LogP contribution in [0.15, 0.2) is 72.4 Å². The molecule has 0 saturated heterocycles. The van der Waals surface area contributed by atoms with Crippen LogP contribution in [0.5, 0.6) is 0 Å². The molecule has 0 spiro atoms. The highest BCUT2D eigenvalue weighted by molar-refractivity contribution is 6.46. The number of anilines is 2. The van der Waals surface area contributed by atoms with Crippen LogP contribution in [-0.2, 0) is 9.59 Å². The number of carbonyl (C=O) groups is 2. The molecule has 0 aromatic heterocycles. The first-order valence-electron chi connectivity index (χ1n) is 9.62. The lowest BCUT2D eigenvalue weighted by atomic mass is 9.99. The van der Waals surface area contributed by atoms with E-state index in [-0.39, 0.29) is 11.3 Å². The van der Waals surface area contributed by atoms with Gasteiger partial charge in [-0.05, 0) is 73.0 Å². The Kier molecular flexibility index (Phi) is 5.10. The molecule has 1 aliphatic heterocycles. The van der Waals surface area contributed by atoms with E-state index in [0.717, 1.165) is 16.0 Å². The highest BCUT2D eigenvalue weighted by atomic mass is 19.1. The predicted octanol–water partition coefficient (Wildman–Crippen LogP) is 4.71. The summed E-state index contributed by atoms with van der Waals surface area (Å²) >= 11 is 0. The van der Waals surface area contributed by atoms with Crippen molar-refractivity contribution >= 4 is 28.8 Å². The van der Waals surface area contributed by atoms with Gasteiger partial charge in [-0.1, -0.05) is 24.3 Å². The summed E-state index contributed by atoms with van der Waals surface area (Å²) in [6.07, 6.45) is 0. The highest BCUT2D eigenvalue weighted by Crippen LogP contribution is 2.34. The van der Waals surface area contributed by atoms with Gasteiger partial charge >= 0.3 is 0 Å². The molecule has 2 amide bonds. The van der Waals surface area contributed by atoms with Crippen molar-refractivity contribution in [2.75, 3.05) is 10.2 Å². The summed E-state index contributed by atoms with van der Waals surface area (Å²) < 4.78 is 13.7. The molecule has 0 atom stereocenters. The van der Waals surface area contributed by atoms with Crippen LogP contribution >= 0.6 is 0 Å². The van der Waals surface area contributed by atoms with E-state index < -0.39 is 17.6 Å². The molecule has 6 heteroatoms. The van der Waals surface area contributed by atoms with Crippen molar-refractivity contribution in [1.82, 2.24) is 0 Å². The zero-order valence-corrected chi connectivity index (χ0v) is 16.9. The second kappa shape index (κ2) is 7.88. The second-order valence-electron chi connectivity index (χ2n) is 7.29. The summed E-state index contributed by atoms with van der Waals surface area (Å²) in [5, 5.41) is 12.0. The molecule has 1 heterocycles. The van der Waals surface area contributed by atoms with E-state index in [1.165, 1.54) is 18.2 Å². The fraction of sp³-hybridized carbons (Fsp3) is 0.0800. The first-order valence-corrected chi connectivity index (χ1v) is 9.62. The number of halogens is 1. The molecule has 0 saturated carbocycles. The van der Waals surface area contributed by atoms with E-state index in [1.54, 1.807) is 36.4 Å². The molecule has 0 fully saturated rings. The molecular formula is C25H18FN3O2. The third kappa shape index (κ3) is 3.69. The molecule has 3 aromatic rings. The maximum atomic E-state index is 13.7. The monoisotopic (exact) mass is 411 g/mol. The Balaban J connectivity index is 1.83. The molecule has 4 rings (SSSR count). The number of nitriles is 1. The summed E-state index contributed by atoms with van der Waals surface area (Å²) in [5.41, 5.74) is 4.05. The van der Waals surface area contributed by atoms with E-state index in [0.29, 0.717) is 22.5 Å². The number of nitrogens with one attached hydrogen (secondary N) is 1. The second-order valence-corrected chi connectivity index (χ2v) is 7.29. The van der Waals surface area contributed by atoms with Crippen molar-refractivity contribution in [2.24, 2.45) is 0 Å². The van der Waals surface area contributed by atoms with Crippen LogP contribution in [0.2, 0.25) is 0 Å². The van der Waals surface area contributed by atoms with E-state index in [4.69, 9.17) is 5.26 Å². The normalized spacial score (nSPS) is 13.5.